The molecule has 0 saturated heterocycles. The van der Waals surface area contributed by atoms with Crippen LogP contribution in [0.3, 0.4) is 0 Å². The summed E-state index contributed by atoms with van der Waals surface area (Å²) in [4.78, 5) is 0. The molecule has 102 valence electrons. The van der Waals surface area contributed by atoms with Crippen LogP contribution in [0.15, 0.2) is 0 Å². The highest BCUT2D eigenvalue weighted by molar-refractivity contribution is 6.60. The fourth-order valence-electron chi connectivity index (χ4n) is 2.09. The molecule has 0 aromatic heterocycles. The first-order valence-electron chi connectivity index (χ1n) is 6.49. The summed E-state index contributed by atoms with van der Waals surface area (Å²) >= 11 is 0. The van der Waals surface area contributed by atoms with E-state index in [0.717, 1.165) is 18.9 Å². The van der Waals surface area contributed by atoms with Crippen LogP contribution in [-0.2, 0) is 13.3 Å². The first kappa shape index (κ1) is 15.1. The lowest BCUT2D eigenvalue weighted by molar-refractivity contribution is 0.0703. The molecular formula is C11H26N2O3Si. The number of hydrogen-bond donors (Lipinski definition) is 2. The molecule has 0 heterocycles. The van der Waals surface area contributed by atoms with Crippen molar-refractivity contribution in [1.82, 2.24) is 0 Å². The Labute approximate surface area is 105 Å². The Bertz CT molecular complexity index is 222. The van der Waals surface area contributed by atoms with Crippen LogP contribution in [0, 0.1) is 5.92 Å². The van der Waals surface area contributed by atoms with Gasteiger partial charge in [-0.1, -0.05) is 0 Å². The summed E-state index contributed by atoms with van der Waals surface area (Å²) < 4.78 is 17.3. The predicted octanol–water partition coefficient (Wildman–Crippen LogP) is 1.06. The van der Waals surface area contributed by atoms with E-state index in [2.05, 4.69) is 0 Å². The number of hydrogen-bond acceptors (Lipinski definition) is 5. The highest BCUT2D eigenvalue weighted by Crippen LogP contribution is 2.41. The van der Waals surface area contributed by atoms with Crippen LogP contribution < -0.4 is 11.5 Å². The third-order valence-corrected chi connectivity index (χ3v) is 6.18. The second kappa shape index (κ2) is 6.26. The molecule has 0 aromatic carbocycles. The molecule has 0 radical (unpaired) electrons. The molecule has 6 heteroatoms. The molecule has 1 fully saturated rings. The highest BCUT2D eigenvalue weighted by atomic mass is 28.4. The molecule has 0 spiro atoms. The van der Waals surface area contributed by atoms with Gasteiger partial charge in [0.1, 0.15) is 0 Å². The summed E-state index contributed by atoms with van der Waals surface area (Å²) in [6.07, 6.45) is 1.82. The molecule has 1 unspecified atom stereocenters. The van der Waals surface area contributed by atoms with Gasteiger partial charge in [-0.15, -0.1) is 0 Å². The lowest BCUT2D eigenvalue weighted by Gasteiger charge is -2.28. The van der Waals surface area contributed by atoms with E-state index in [-0.39, 0.29) is 0 Å². The Morgan fingerprint density at radius 2 is 1.47 bits per heavy atom. The summed E-state index contributed by atoms with van der Waals surface area (Å²) in [6, 6.07) is 0.809. The molecule has 1 saturated carbocycles. The molecule has 0 aliphatic heterocycles. The average molecular weight is 262 g/mol. The molecule has 17 heavy (non-hydrogen) atoms. The van der Waals surface area contributed by atoms with Crippen LogP contribution in [-0.4, -0.2) is 34.3 Å². The van der Waals surface area contributed by atoms with Crippen molar-refractivity contribution >= 4 is 8.80 Å². The lowest BCUT2D eigenvalue weighted by atomic mass is 10.3. The second-order valence-electron chi connectivity index (χ2n) is 4.53. The highest BCUT2D eigenvalue weighted by Gasteiger charge is 2.50. The Kier molecular flexibility index (Phi) is 5.55. The van der Waals surface area contributed by atoms with E-state index >= 15 is 0 Å². The fraction of sp³-hybridized carbons (Fsp3) is 1.00. The Morgan fingerprint density at radius 3 is 1.76 bits per heavy atom. The van der Waals surface area contributed by atoms with Gasteiger partial charge in [0.25, 0.3) is 0 Å². The van der Waals surface area contributed by atoms with Gasteiger partial charge in [-0.2, -0.15) is 0 Å². The summed E-state index contributed by atoms with van der Waals surface area (Å²) in [5.74, 6) is 0.385. The van der Waals surface area contributed by atoms with Gasteiger partial charge >= 0.3 is 8.80 Å². The Balaban J connectivity index is 2.48. The van der Waals surface area contributed by atoms with Gasteiger partial charge in [0.05, 0.1) is 5.66 Å². The Morgan fingerprint density at radius 1 is 1.06 bits per heavy atom. The van der Waals surface area contributed by atoms with Crippen LogP contribution in [0.5, 0.6) is 0 Å². The molecule has 0 aromatic rings. The summed E-state index contributed by atoms with van der Waals surface area (Å²) in [6.45, 7) is 7.75. The number of nitrogens with two attached hydrogens (primary N) is 2. The molecule has 4 N–H and O–H groups in total. The minimum atomic E-state index is -2.49. The normalized spacial score (nSPS) is 22.8. The first-order valence-corrected chi connectivity index (χ1v) is 8.42. The van der Waals surface area contributed by atoms with Crippen molar-refractivity contribution in [2.24, 2.45) is 17.4 Å². The standard InChI is InChI=1S/C11H26N2O3Si/c1-4-14-17(15-5-2,16-6-3)8-7-10-9-11(10,12)13/h10H,4-9,12-13H2,1-3H3. The maximum atomic E-state index is 5.83. The van der Waals surface area contributed by atoms with E-state index in [1.165, 1.54) is 0 Å². The third kappa shape index (κ3) is 4.31. The Hall–Kier alpha value is 0.0169. The number of rotatable bonds is 9. The molecular weight excluding hydrogens is 236 g/mol. The largest absolute Gasteiger partial charge is 0.500 e. The van der Waals surface area contributed by atoms with Gasteiger partial charge in [0.2, 0.25) is 0 Å². The van der Waals surface area contributed by atoms with E-state index in [1.807, 2.05) is 20.8 Å². The van der Waals surface area contributed by atoms with Gasteiger partial charge in [0, 0.05) is 25.9 Å². The third-order valence-electron chi connectivity index (χ3n) is 3.09. The molecule has 1 atom stereocenters. The van der Waals surface area contributed by atoms with Crippen LogP contribution in [0.4, 0.5) is 0 Å². The lowest BCUT2D eigenvalue weighted by Crippen LogP contribution is -2.46. The van der Waals surface area contributed by atoms with Gasteiger partial charge in [-0.3, -0.25) is 0 Å². The van der Waals surface area contributed by atoms with Gasteiger partial charge in [-0.05, 0) is 39.5 Å². The van der Waals surface area contributed by atoms with Crippen molar-refractivity contribution in [2.75, 3.05) is 19.8 Å². The minimum absolute atomic E-state index is 0.385. The zero-order valence-corrected chi connectivity index (χ0v) is 12.2. The van der Waals surface area contributed by atoms with Crippen LogP contribution in [0.25, 0.3) is 0 Å². The van der Waals surface area contributed by atoms with Crippen molar-refractivity contribution in [1.29, 1.82) is 0 Å². The van der Waals surface area contributed by atoms with Crippen molar-refractivity contribution in [3.8, 4) is 0 Å². The fourth-order valence-corrected chi connectivity index (χ4v) is 4.80. The van der Waals surface area contributed by atoms with Gasteiger partial charge in [0.15, 0.2) is 0 Å². The molecule has 1 rings (SSSR count). The van der Waals surface area contributed by atoms with Crippen LogP contribution in [0.1, 0.15) is 33.6 Å². The summed E-state index contributed by atoms with van der Waals surface area (Å²) in [5.41, 5.74) is 11.2. The molecule has 1 aliphatic rings. The molecule has 0 bridgehead atoms. The van der Waals surface area contributed by atoms with Crippen molar-refractivity contribution in [3.63, 3.8) is 0 Å². The zero-order valence-electron chi connectivity index (χ0n) is 11.2. The minimum Gasteiger partial charge on any atom is -0.374 e. The van der Waals surface area contributed by atoms with Gasteiger partial charge in [-0.25, -0.2) is 0 Å². The van der Waals surface area contributed by atoms with Gasteiger partial charge < -0.3 is 24.7 Å². The van der Waals surface area contributed by atoms with Crippen molar-refractivity contribution in [3.05, 3.63) is 0 Å². The smallest absolute Gasteiger partial charge is 0.374 e. The van der Waals surface area contributed by atoms with E-state index in [4.69, 9.17) is 24.7 Å². The van der Waals surface area contributed by atoms with E-state index < -0.39 is 14.5 Å². The molecule has 0 amide bonds. The van der Waals surface area contributed by atoms with E-state index in [1.54, 1.807) is 0 Å². The maximum Gasteiger partial charge on any atom is 0.500 e. The van der Waals surface area contributed by atoms with E-state index in [0.29, 0.717) is 25.7 Å². The van der Waals surface area contributed by atoms with Crippen molar-refractivity contribution < 1.29 is 13.3 Å². The zero-order chi connectivity index (χ0) is 12.9. The maximum absolute atomic E-state index is 5.83. The molecule has 5 nitrogen and oxygen atoms in total. The quantitative estimate of drug-likeness (QED) is 0.480. The average Bonchev–Trinajstić information content (AvgIpc) is 2.85. The van der Waals surface area contributed by atoms with Crippen LogP contribution in [0.2, 0.25) is 6.04 Å². The topological polar surface area (TPSA) is 79.7 Å². The summed E-state index contributed by atoms with van der Waals surface area (Å²) in [7, 11) is -2.49. The summed E-state index contributed by atoms with van der Waals surface area (Å²) in [5, 5.41) is 0. The van der Waals surface area contributed by atoms with E-state index in [9.17, 15) is 0 Å². The van der Waals surface area contributed by atoms with Crippen molar-refractivity contribution in [2.45, 2.75) is 45.3 Å². The molecule has 1 aliphatic carbocycles. The first-order chi connectivity index (χ1) is 7.99. The van der Waals surface area contributed by atoms with Crippen LogP contribution >= 0.6 is 0 Å². The SMILES string of the molecule is CCO[Si](CCC1CC1(N)N)(OCC)OCC. The predicted molar refractivity (Wildman–Crippen MR) is 69.3 cm³/mol. The second-order valence-corrected chi connectivity index (χ2v) is 7.27. The monoisotopic (exact) mass is 262 g/mol.